The Labute approximate surface area is 117 Å². The average molecular weight is 278 g/mol. The van der Waals surface area contributed by atoms with Gasteiger partial charge >= 0.3 is 12.0 Å². The third-order valence-corrected chi connectivity index (χ3v) is 2.74. The summed E-state index contributed by atoms with van der Waals surface area (Å²) in [5.41, 5.74) is 1.60. The van der Waals surface area contributed by atoms with Crippen LogP contribution in [0.5, 0.6) is 0 Å². The third kappa shape index (κ3) is 5.09. The van der Waals surface area contributed by atoms with Crippen molar-refractivity contribution < 1.29 is 19.5 Å². The summed E-state index contributed by atoms with van der Waals surface area (Å²) in [4.78, 5) is 33.9. The first-order valence-electron chi connectivity index (χ1n) is 6.31. The standard InChI is InChI=1S/C14H18N2O4/c1-3-11(17)8-12(13(18)19)16-14(20)15-10-6-4-9(2)5-7-10/h4-7,12H,3,8H2,1-2H3,(H,18,19)(H2,15,16,20). The number of Topliss-reactive ketones (excluding diaryl/α,β-unsaturated/α-hetero) is 1. The number of carboxylic acids is 1. The molecule has 0 aliphatic heterocycles. The molecule has 0 saturated carbocycles. The predicted octanol–water partition coefficient (Wildman–Crippen LogP) is 1.94. The number of ketones is 1. The molecule has 0 aliphatic carbocycles. The maximum Gasteiger partial charge on any atom is 0.326 e. The molecule has 0 saturated heterocycles. The third-order valence-electron chi connectivity index (χ3n) is 2.74. The Morgan fingerprint density at radius 3 is 2.30 bits per heavy atom. The highest BCUT2D eigenvalue weighted by atomic mass is 16.4. The molecule has 0 fully saturated rings. The number of carbonyl (C=O) groups excluding carboxylic acids is 2. The summed E-state index contributed by atoms with van der Waals surface area (Å²) >= 11 is 0. The highest BCUT2D eigenvalue weighted by molar-refractivity contribution is 5.94. The van der Waals surface area contributed by atoms with Crippen molar-refractivity contribution in [1.29, 1.82) is 0 Å². The Kier molecular flexibility index (Phi) is 5.71. The second kappa shape index (κ2) is 7.28. The van der Waals surface area contributed by atoms with E-state index in [-0.39, 0.29) is 18.6 Å². The lowest BCUT2D eigenvalue weighted by atomic mass is 10.1. The van der Waals surface area contributed by atoms with Crippen molar-refractivity contribution >= 4 is 23.5 Å². The van der Waals surface area contributed by atoms with Crippen LogP contribution in [-0.4, -0.2) is 28.9 Å². The number of aryl methyl sites for hydroxylation is 1. The van der Waals surface area contributed by atoms with Gasteiger partial charge < -0.3 is 15.7 Å². The molecule has 0 radical (unpaired) electrons. The van der Waals surface area contributed by atoms with Crippen LogP contribution in [0.3, 0.4) is 0 Å². The first kappa shape index (κ1) is 15.7. The van der Waals surface area contributed by atoms with E-state index in [4.69, 9.17) is 5.11 Å². The van der Waals surface area contributed by atoms with E-state index >= 15 is 0 Å². The van der Waals surface area contributed by atoms with Gasteiger partial charge in [-0.2, -0.15) is 0 Å². The van der Waals surface area contributed by atoms with Crippen LogP contribution in [0.4, 0.5) is 10.5 Å². The van der Waals surface area contributed by atoms with E-state index in [1.54, 1.807) is 19.1 Å². The maximum atomic E-state index is 11.7. The van der Waals surface area contributed by atoms with Gasteiger partial charge in [0.2, 0.25) is 0 Å². The summed E-state index contributed by atoms with van der Waals surface area (Å²) in [6.07, 6.45) is 0.0260. The number of hydrogen-bond acceptors (Lipinski definition) is 3. The number of aliphatic carboxylic acids is 1. The maximum absolute atomic E-state index is 11.7. The number of carbonyl (C=O) groups is 3. The van der Waals surface area contributed by atoms with Crippen molar-refractivity contribution in [1.82, 2.24) is 5.32 Å². The van der Waals surface area contributed by atoms with Gasteiger partial charge in [-0.15, -0.1) is 0 Å². The minimum Gasteiger partial charge on any atom is -0.480 e. The minimum absolute atomic E-state index is 0.215. The van der Waals surface area contributed by atoms with E-state index < -0.39 is 18.0 Å². The fourth-order valence-corrected chi connectivity index (χ4v) is 1.53. The van der Waals surface area contributed by atoms with Gasteiger partial charge in [0.1, 0.15) is 11.8 Å². The van der Waals surface area contributed by atoms with Gasteiger partial charge in [0.15, 0.2) is 0 Å². The van der Waals surface area contributed by atoms with Crippen molar-refractivity contribution in [3.63, 3.8) is 0 Å². The molecule has 1 unspecified atom stereocenters. The Hall–Kier alpha value is -2.37. The van der Waals surface area contributed by atoms with E-state index in [2.05, 4.69) is 10.6 Å². The van der Waals surface area contributed by atoms with Gasteiger partial charge in [-0.05, 0) is 19.1 Å². The highest BCUT2D eigenvalue weighted by Crippen LogP contribution is 2.08. The smallest absolute Gasteiger partial charge is 0.326 e. The first-order chi connectivity index (χ1) is 9.42. The molecule has 0 aliphatic rings. The lowest BCUT2D eigenvalue weighted by Crippen LogP contribution is -2.44. The first-order valence-corrected chi connectivity index (χ1v) is 6.31. The van der Waals surface area contributed by atoms with Crippen LogP contribution in [0.15, 0.2) is 24.3 Å². The number of urea groups is 1. The van der Waals surface area contributed by atoms with Gasteiger partial charge in [-0.1, -0.05) is 24.6 Å². The number of carboxylic acid groups (broad SMARTS) is 1. The lowest BCUT2D eigenvalue weighted by Gasteiger charge is -2.14. The van der Waals surface area contributed by atoms with Crippen LogP contribution >= 0.6 is 0 Å². The SMILES string of the molecule is CCC(=O)CC(NC(=O)Nc1ccc(C)cc1)C(=O)O. The monoisotopic (exact) mass is 278 g/mol. The second-order valence-corrected chi connectivity index (χ2v) is 4.45. The van der Waals surface area contributed by atoms with Crippen LogP contribution in [0.2, 0.25) is 0 Å². The van der Waals surface area contributed by atoms with Crippen molar-refractivity contribution in [2.75, 3.05) is 5.32 Å². The molecule has 2 amide bonds. The molecule has 20 heavy (non-hydrogen) atoms. The summed E-state index contributed by atoms with van der Waals surface area (Å²) in [5, 5.41) is 13.8. The molecule has 1 aromatic rings. The van der Waals surface area contributed by atoms with Crippen LogP contribution in [0.25, 0.3) is 0 Å². The quantitative estimate of drug-likeness (QED) is 0.741. The molecule has 0 aromatic heterocycles. The predicted molar refractivity (Wildman–Crippen MR) is 74.7 cm³/mol. The van der Waals surface area contributed by atoms with Crippen molar-refractivity contribution in [3.05, 3.63) is 29.8 Å². The number of anilines is 1. The number of benzene rings is 1. The van der Waals surface area contributed by atoms with Crippen LogP contribution < -0.4 is 10.6 Å². The largest absolute Gasteiger partial charge is 0.480 e. The van der Waals surface area contributed by atoms with Gasteiger partial charge in [0.25, 0.3) is 0 Å². The number of amides is 2. The van der Waals surface area contributed by atoms with Crippen molar-refractivity contribution in [3.8, 4) is 0 Å². The molecule has 1 atom stereocenters. The van der Waals surface area contributed by atoms with Crippen LogP contribution in [0, 0.1) is 6.92 Å². The fourth-order valence-electron chi connectivity index (χ4n) is 1.53. The average Bonchev–Trinajstić information content (AvgIpc) is 2.40. The number of nitrogens with one attached hydrogen (secondary N) is 2. The lowest BCUT2D eigenvalue weighted by molar-refractivity contribution is -0.140. The molecule has 6 heteroatoms. The summed E-state index contributed by atoms with van der Waals surface area (Å²) in [7, 11) is 0. The molecular weight excluding hydrogens is 260 g/mol. The van der Waals surface area contributed by atoms with E-state index in [0.29, 0.717) is 5.69 Å². The fraction of sp³-hybridized carbons (Fsp3) is 0.357. The van der Waals surface area contributed by atoms with Gasteiger partial charge in [-0.25, -0.2) is 9.59 Å². The molecule has 108 valence electrons. The summed E-state index contributed by atoms with van der Waals surface area (Å²) in [5.74, 6) is -1.45. The van der Waals surface area contributed by atoms with Crippen molar-refractivity contribution in [2.24, 2.45) is 0 Å². The Morgan fingerprint density at radius 2 is 1.80 bits per heavy atom. The topological polar surface area (TPSA) is 95.5 Å². The van der Waals surface area contributed by atoms with Gasteiger partial charge in [-0.3, -0.25) is 4.79 Å². The summed E-state index contributed by atoms with van der Waals surface area (Å²) in [6.45, 7) is 3.56. The molecule has 0 bridgehead atoms. The van der Waals surface area contributed by atoms with Gasteiger partial charge in [0.05, 0.1) is 0 Å². The number of rotatable bonds is 6. The molecular formula is C14H18N2O4. The number of hydrogen-bond donors (Lipinski definition) is 3. The normalized spacial score (nSPS) is 11.5. The van der Waals surface area contributed by atoms with E-state index in [9.17, 15) is 14.4 Å². The molecule has 1 rings (SSSR count). The highest BCUT2D eigenvalue weighted by Gasteiger charge is 2.22. The molecule has 3 N–H and O–H groups in total. The van der Waals surface area contributed by atoms with Gasteiger partial charge in [0, 0.05) is 18.5 Å². The Morgan fingerprint density at radius 1 is 1.20 bits per heavy atom. The minimum atomic E-state index is -1.23. The van der Waals surface area contributed by atoms with E-state index in [0.717, 1.165) is 5.56 Å². The molecule has 0 heterocycles. The van der Waals surface area contributed by atoms with E-state index in [1.165, 1.54) is 0 Å². The summed E-state index contributed by atoms with van der Waals surface area (Å²) in [6, 6.07) is 5.21. The zero-order valence-electron chi connectivity index (χ0n) is 11.5. The van der Waals surface area contributed by atoms with Crippen LogP contribution in [-0.2, 0) is 9.59 Å². The molecule has 1 aromatic carbocycles. The van der Waals surface area contributed by atoms with E-state index in [1.807, 2.05) is 19.1 Å². The Balaban J connectivity index is 2.60. The molecule has 6 nitrogen and oxygen atoms in total. The summed E-state index contributed by atoms with van der Waals surface area (Å²) < 4.78 is 0. The second-order valence-electron chi connectivity index (χ2n) is 4.45. The zero-order valence-corrected chi connectivity index (χ0v) is 11.5. The van der Waals surface area contributed by atoms with Crippen molar-refractivity contribution in [2.45, 2.75) is 32.7 Å². The van der Waals surface area contributed by atoms with Crippen LogP contribution in [0.1, 0.15) is 25.3 Å². The zero-order chi connectivity index (χ0) is 15.1. The Bertz CT molecular complexity index is 496. The molecule has 0 spiro atoms.